The molecule has 0 saturated heterocycles. The molecule has 29 heavy (non-hydrogen) atoms. The third-order valence-electron chi connectivity index (χ3n) is 5.65. The number of hydrogen-bond donors (Lipinski definition) is 1. The van der Waals surface area contributed by atoms with Gasteiger partial charge in [-0.05, 0) is 12.0 Å². The van der Waals surface area contributed by atoms with E-state index in [1.54, 1.807) is 12.1 Å². The van der Waals surface area contributed by atoms with Crippen molar-refractivity contribution in [2.75, 3.05) is 0 Å². The third-order valence-corrected chi connectivity index (χ3v) is 5.65. The minimum atomic E-state index is -0.853. The van der Waals surface area contributed by atoms with Crippen LogP contribution in [0.3, 0.4) is 0 Å². The van der Waals surface area contributed by atoms with Crippen LogP contribution in [0.4, 0.5) is 5.69 Å². The van der Waals surface area contributed by atoms with Crippen LogP contribution in [0, 0.1) is 10.1 Å². The van der Waals surface area contributed by atoms with Crippen LogP contribution in [0.25, 0.3) is 0 Å². The lowest BCUT2D eigenvalue weighted by Gasteiger charge is -2.12. The quantitative estimate of drug-likeness (QED) is 0.155. The molecular formula is C24H39NO4. The summed E-state index contributed by atoms with van der Waals surface area (Å²) in [7, 11) is 0. The Bertz CT molecular complexity index is 571. The number of nitrogens with zero attached hydrogens (tertiary/aromatic N) is 1. The number of nitro benzene ring substituents is 1. The van der Waals surface area contributed by atoms with E-state index in [9.17, 15) is 20.0 Å². The Morgan fingerprint density at radius 2 is 1.24 bits per heavy atom. The Morgan fingerprint density at radius 1 is 0.828 bits per heavy atom. The highest BCUT2D eigenvalue weighted by Crippen LogP contribution is 2.25. The molecule has 1 N–H and O–H groups in total. The molecule has 0 aliphatic carbocycles. The van der Waals surface area contributed by atoms with Gasteiger partial charge in [0.1, 0.15) is 0 Å². The molecule has 0 aromatic heterocycles. The van der Waals surface area contributed by atoms with Gasteiger partial charge >= 0.3 is 5.97 Å². The zero-order valence-electron chi connectivity index (χ0n) is 18.1. The second kappa shape index (κ2) is 15.9. The molecule has 1 atom stereocenters. The van der Waals surface area contributed by atoms with Crippen LogP contribution in [0.2, 0.25) is 0 Å². The number of benzene rings is 1. The summed E-state index contributed by atoms with van der Waals surface area (Å²) in [6.07, 6.45) is 18.4. The first-order chi connectivity index (χ1) is 14.1. The van der Waals surface area contributed by atoms with Crippen LogP contribution in [-0.4, -0.2) is 16.0 Å². The molecule has 5 heteroatoms. The van der Waals surface area contributed by atoms with Crippen molar-refractivity contribution in [3.8, 4) is 0 Å². The standard InChI is InChI=1S/C24H39NO4/c1-2-3-4-5-6-7-8-9-10-11-12-13-14-15-16-23(24(26)27)21-17-19-22(20-18-21)25(28)29/h17-20,23H,2-16H2,1H3,(H,26,27)/t23-/m1/s1. The van der Waals surface area contributed by atoms with E-state index in [-0.39, 0.29) is 5.69 Å². The lowest BCUT2D eigenvalue weighted by atomic mass is 9.92. The number of aliphatic carboxylic acids is 1. The normalized spacial score (nSPS) is 12.0. The van der Waals surface area contributed by atoms with Crippen LogP contribution >= 0.6 is 0 Å². The number of unbranched alkanes of at least 4 members (excludes halogenated alkanes) is 13. The lowest BCUT2D eigenvalue weighted by molar-refractivity contribution is -0.384. The van der Waals surface area contributed by atoms with Crippen molar-refractivity contribution in [3.63, 3.8) is 0 Å². The highest BCUT2D eigenvalue weighted by atomic mass is 16.6. The van der Waals surface area contributed by atoms with Gasteiger partial charge < -0.3 is 5.11 Å². The number of carbonyl (C=O) groups is 1. The fourth-order valence-corrected chi connectivity index (χ4v) is 3.80. The highest BCUT2D eigenvalue weighted by Gasteiger charge is 2.20. The Morgan fingerprint density at radius 3 is 1.62 bits per heavy atom. The average Bonchev–Trinajstić information content (AvgIpc) is 2.71. The minimum Gasteiger partial charge on any atom is -0.481 e. The first-order valence-corrected chi connectivity index (χ1v) is 11.5. The maximum atomic E-state index is 11.5. The van der Waals surface area contributed by atoms with Gasteiger partial charge in [0.2, 0.25) is 0 Å². The zero-order valence-corrected chi connectivity index (χ0v) is 18.1. The topological polar surface area (TPSA) is 80.4 Å². The van der Waals surface area contributed by atoms with E-state index >= 15 is 0 Å². The molecule has 1 rings (SSSR count). The molecule has 1 aromatic carbocycles. The number of rotatable bonds is 18. The van der Waals surface area contributed by atoms with E-state index in [1.165, 1.54) is 82.8 Å². The van der Waals surface area contributed by atoms with Crippen LogP contribution < -0.4 is 0 Å². The molecule has 0 radical (unpaired) electrons. The summed E-state index contributed by atoms with van der Waals surface area (Å²) in [6, 6.07) is 5.91. The molecule has 0 heterocycles. The number of carboxylic acid groups (broad SMARTS) is 1. The van der Waals surface area contributed by atoms with E-state index in [4.69, 9.17) is 0 Å². The molecule has 0 amide bonds. The predicted molar refractivity (Wildman–Crippen MR) is 118 cm³/mol. The lowest BCUT2D eigenvalue weighted by Crippen LogP contribution is -2.11. The van der Waals surface area contributed by atoms with Crippen molar-refractivity contribution < 1.29 is 14.8 Å². The molecule has 1 aromatic rings. The van der Waals surface area contributed by atoms with Gasteiger partial charge in [-0.1, -0.05) is 109 Å². The third kappa shape index (κ3) is 11.6. The number of nitro groups is 1. The molecular weight excluding hydrogens is 366 g/mol. The van der Waals surface area contributed by atoms with Gasteiger partial charge in [0.05, 0.1) is 10.8 Å². The molecule has 0 spiro atoms. The van der Waals surface area contributed by atoms with E-state index in [0.29, 0.717) is 12.0 Å². The summed E-state index contributed by atoms with van der Waals surface area (Å²) in [5.74, 6) is -1.43. The first kappa shape index (κ1) is 25.1. The van der Waals surface area contributed by atoms with Crippen molar-refractivity contribution >= 4 is 11.7 Å². The second-order valence-electron chi connectivity index (χ2n) is 8.12. The fourth-order valence-electron chi connectivity index (χ4n) is 3.80. The van der Waals surface area contributed by atoms with E-state index in [0.717, 1.165) is 19.3 Å². The Labute approximate surface area is 176 Å². The van der Waals surface area contributed by atoms with Gasteiger partial charge in [0, 0.05) is 12.1 Å². The van der Waals surface area contributed by atoms with Crippen molar-refractivity contribution in [1.82, 2.24) is 0 Å². The Kier molecular flexibility index (Phi) is 13.8. The first-order valence-electron chi connectivity index (χ1n) is 11.5. The van der Waals surface area contributed by atoms with Crippen molar-refractivity contribution in [1.29, 1.82) is 0 Å². The highest BCUT2D eigenvalue weighted by molar-refractivity contribution is 5.76. The van der Waals surface area contributed by atoms with Crippen LogP contribution in [0.15, 0.2) is 24.3 Å². The maximum Gasteiger partial charge on any atom is 0.310 e. The van der Waals surface area contributed by atoms with Crippen molar-refractivity contribution in [2.45, 2.75) is 109 Å². The smallest absolute Gasteiger partial charge is 0.310 e. The minimum absolute atomic E-state index is 0.00520. The summed E-state index contributed by atoms with van der Waals surface area (Å²) in [5, 5.41) is 20.2. The largest absolute Gasteiger partial charge is 0.481 e. The summed E-state index contributed by atoms with van der Waals surface area (Å²) >= 11 is 0. The van der Waals surface area contributed by atoms with Crippen LogP contribution in [0.5, 0.6) is 0 Å². The van der Waals surface area contributed by atoms with Gasteiger partial charge in [-0.15, -0.1) is 0 Å². The van der Waals surface area contributed by atoms with E-state index in [2.05, 4.69) is 6.92 Å². The van der Waals surface area contributed by atoms with Gasteiger partial charge in [-0.2, -0.15) is 0 Å². The number of non-ortho nitro benzene ring substituents is 1. The SMILES string of the molecule is CCCCCCCCCCCCCCCC[C@@H](C(=O)O)c1ccc([N+](=O)[O-])cc1. The summed E-state index contributed by atoms with van der Waals surface area (Å²) in [5.41, 5.74) is 0.646. The monoisotopic (exact) mass is 405 g/mol. The van der Waals surface area contributed by atoms with Gasteiger partial charge in [-0.3, -0.25) is 14.9 Å². The molecule has 164 valence electrons. The van der Waals surface area contributed by atoms with Crippen LogP contribution in [0.1, 0.15) is 115 Å². The second-order valence-corrected chi connectivity index (χ2v) is 8.12. The fraction of sp³-hybridized carbons (Fsp3) is 0.708. The molecule has 0 bridgehead atoms. The number of carboxylic acids is 1. The predicted octanol–water partition coefficient (Wildman–Crippen LogP) is 7.63. The molecule has 0 aliphatic heterocycles. The van der Waals surface area contributed by atoms with Crippen molar-refractivity contribution in [3.05, 3.63) is 39.9 Å². The zero-order chi connectivity index (χ0) is 21.3. The van der Waals surface area contributed by atoms with Gasteiger partial charge in [0.15, 0.2) is 0 Å². The molecule has 0 aliphatic rings. The Hall–Kier alpha value is -1.91. The number of hydrogen-bond acceptors (Lipinski definition) is 3. The Balaban J connectivity index is 2.07. The van der Waals surface area contributed by atoms with Crippen molar-refractivity contribution in [2.24, 2.45) is 0 Å². The summed E-state index contributed by atoms with van der Waals surface area (Å²) < 4.78 is 0. The average molecular weight is 406 g/mol. The summed E-state index contributed by atoms with van der Waals surface area (Å²) in [6.45, 7) is 2.25. The van der Waals surface area contributed by atoms with E-state index < -0.39 is 16.8 Å². The summed E-state index contributed by atoms with van der Waals surface area (Å²) in [4.78, 5) is 21.8. The van der Waals surface area contributed by atoms with Gasteiger partial charge in [0.25, 0.3) is 5.69 Å². The molecule has 0 fully saturated rings. The van der Waals surface area contributed by atoms with E-state index in [1.807, 2.05) is 0 Å². The van der Waals surface area contributed by atoms with Crippen LogP contribution in [-0.2, 0) is 4.79 Å². The molecule has 0 saturated carbocycles. The maximum absolute atomic E-state index is 11.5. The van der Waals surface area contributed by atoms with Gasteiger partial charge in [-0.25, -0.2) is 0 Å². The molecule has 5 nitrogen and oxygen atoms in total. The molecule has 0 unspecified atom stereocenters.